The zero-order chi connectivity index (χ0) is 15.1. The predicted molar refractivity (Wildman–Crippen MR) is 94.6 cm³/mol. The fourth-order valence-corrected chi connectivity index (χ4v) is 4.01. The lowest BCUT2D eigenvalue weighted by molar-refractivity contribution is 0.581. The maximum atomic E-state index is 6.13. The zero-order valence-corrected chi connectivity index (χ0v) is 15.9. The third-order valence-corrected chi connectivity index (χ3v) is 4.87. The standard InChI is InChI=1S/C17H23BrOSi/c1-11-12-8-10-15(18)16(19-20(5)6)13(12)7-9-14(11)17(2,3)4/h7-10,20H,1-6H3. The molecule has 2 rings (SSSR count). The molecule has 0 fully saturated rings. The summed E-state index contributed by atoms with van der Waals surface area (Å²) in [6, 6.07) is 8.76. The van der Waals surface area contributed by atoms with E-state index < -0.39 is 9.04 Å². The van der Waals surface area contributed by atoms with Gasteiger partial charge in [-0.1, -0.05) is 39.0 Å². The number of hydrogen-bond acceptors (Lipinski definition) is 1. The summed E-state index contributed by atoms with van der Waals surface area (Å²) >= 11 is 3.63. The van der Waals surface area contributed by atoms with Crippen molar-refractivity contribution in [3.8, 4) is 5.75 Å². The van der Waals surface area contributed by atoms with E-state index >= 15 is 0 Å². The number of halogens is 1. The van der Waals surface area contributed by atoms with Crippen LogP contribution in [0.15, 0.2) is 28.7 Å². The Morgan fingerprint density at radius 1 is 1.00 bits per heavy atom. The van der Waals surface area contributed by atoms with E-state index in [4.69, 9.17) is 4.43 Å². The average molecular weight is 351 g/mol. The van der Waals surface area contributed by atoms with Crippen molar-refractivity contribution in [3.05, 3.63) is 39.9 Å². The summed E-state index contributed by atoms with van der Waals surface area (Å²) in [4.78, 5) is 0. The molecular formula is C17H23BrOSi. The van der Waals surface area contributed by atoms with Gasteiger partial charge < -0.3 is 4.43 Å². The van der Waals surface area contributed by atoms with E-state index in [9.17, 15) is 0 Å². The van der Waals surface area contributed by atoms with Gasteiger partial charge in [0.1, 0.15) is 5.75 Å². The van der Waals surface area contributed by atoms with E-state index in [1.807, 2.05) is 0 Å². The Bertz CT molecular complexity index is 641. The lowest BCUT2D eigenvalue weighted by Gasteiger charge is -2.24. The van der Waals surface area contributed by atoms with Crippen molar-refractivity contribution in [2.45, 2.75) is 46.2 Å². The highest BCUT2D eigenvalue weighted by Gasteiger charge is 2.19. The molecule has 0 heterocycles. The largest absolute Gasteiger partial charge is 0.546 e. The Labute approximate surface area is 132 Å². The summed E-state index contributed by atoms with van der Waals surface area (Å²) in [6.07, 6.45) is 0. The van der Waals surface area contributed by atoms with Crippen LogP contribution in [0.1, 0.15) is 31.9 Å². The molecule has 0 atom stereocenters. The molecule has 0 saturated carbocycles. The first-order valence-corrected chi connectivity index (χ1v) is 10.7. The van der Waals surface area contributed by atoms with Crippen LogP contribution in [-0.2, 0) is 5.41 Å². The molecule has 0 spiro atoms. The predicted octanol–water partition coefficient (Wildman–Crippen LogP) is 5.57. The Balaban J connectivity index is 2.73. The van der Waals surface area contributed by atoms with E-state index in [0.29, 0.717) is 0 Å². The first-order valence-electron chi connectivity index (χ1n) is 7.10. The van der Waals surface area contributed by atoms with Crippen LogP contribution in [0.4, 0.5) is 0 Å². The summed E-state index contributed by atoms with van der Waals surface area (Å²) in [7, 11) is -1.12. The van der Waals surface area contributed by atoms with Gasteiger partial charge in [-0.2, -0.15) is 0 Å². The molecule has 0 aliphatic rings. The smallest absolute Gasteiger partial charge is 0.229 e. The molecule has 0 aromatic heterocycles. The SMILES string of the molecule is Cc1c(C(C)(C)C)ccc2c(O[SiH](C)C)c(Br)ccc12. The second-order valence-electron chi connectivity index (χ2n) is 6.63. The molecule has 0 N–H and O–H groups in total. The minimum Gasteiger partial charge on any atom is -0.546 e. The van der Waals surface area contributed by atoms with Crippen LogP contribution in [0.25, 0.3) is 10.8 Å². The molecule has 1 nitrogen and oxygen atoms in total. The summed E-state index contributed by atoms with van der Waals surface area (Å²) in [6.45, 7) is 13.4. The van der Waals surface area contributed by atoms with Gasteiger partial charge in [-0.25, -0.2) is 0 Å². The maximum Gasteiger partial charge on any atom is 0.229 e. The van der Waals surface area contributed by atoms with Gasteiger partial charge in [0.05, 0.1) is 4.47 Å². The Morgan fingerprint density at radius 3 is 2.15 bits per heavy atom. The molecule has 108 valence electrons. The summed E-state index contributed by atoms with van der Waals surface area (Å²) in [5.74, 6) is 1.01. The van der Waals surface area contributed by atoms with Crippen molar-refractivity contribution in [2.75, 3.05) is 0 Å². The van der Waals surface area contributed by atoms with Crippen LogP contribution in [0, 0.1) is 6.92 Å². The van der Waals surface area contributed by atoms with Crippen LogP contribution in [0.2, 0.25) is 13.1 Å². The van der Waals surface area contributed by atoms with Gasteiger partial charge in [-0.05, 0) is 63.9 Å². The quantitative estimate of drug-likeness (QED) is 0.643. The Morgan fingerprint density at radius 2 is 1.60 bits per heavy atom. The van der Waals surface area contributed by atoms with Gasteiger partial charge >= 0.3 is 0 Å². The average Bonchev–Trinajstić information content (AvgIpc) is 2.31. The lowest BCUT2D eigenvalue weighted by Crippen LogP contribution is -2.14. The molecule has 3 heteroatoms. The van der Waals surface area contributed by atoms with Crippen molar-refractivity contribution in [2.24, 2.45) is 0 Å². The molecule has 0 aliphatic carbocycles. The molecule has 0 saturated heterocycles. The Hall–Kier alpha value is -0.803. The molecular weight excluding hydrogens is 328 g/mol. The Kier molecular flexibility index (Phi) is 4.31. The minimum atomic E-state index is -1.12. The minimum absolute atomic E-state index is 0.166. The van der Waals surface area contributed by atoms with Crippen LogP contribution < -0.4 is 4.43 Å². The maximum absolute atomic E-state index is 6.13. The monoisotopic (exact) mass is 350 g/mol. The molecule has 20 heavy (non-hydrogen) atoms. The fourth-order valence-electron chi connectivity index (χ4n) is 2.67. The van der Waals surface area contributed by atoms with Crippen molar-refractivity contribution < 1.29 is 4.43 Å². The first-order chi connectivity index (χ1) is 9.21. The lowest BCUT2D eigenvalue weighted by atomic mass is 9.82. The van der Waals surface area contributed by atoms with Crippen molar-refractivity contribution in [1.82, 2.24) is 0 Å². The van der Waals surface area contributed by atoms with Crippen LogP contribution in [0.5, 0.6) is 5.75 Å². The third kappa shape index (κ3) is 2.94. The van der Waals surface area contributed by atoms with Gasteiger partial charge in [0.25, 0.3) is 0 Å². The summed E-state index contributed by atoms with van der Waals surface area (Å²) < 4.78 is 7.18. The van der Waals surface area contributed by atoms with Crippen molar-refractivity contribution in [1.29, 1.82) is 0 Å². The third-order valence-electron chi connectivity index (χ3n) is 3.53. The highest BCUT2D eigenvalue weighted by Crippen LogP contribution is 2.38. The molecule has 0 aliphatic heterocycles. The highest BCUT2D eigenvalue weighted by molar-refractivity contribution is 9.10. The van der Waals surface area contributed by atoms with Crippen LogP contribution in [-0.4, -0.2) is 9.04 Å². The topological polar surface area (TPSA) is 9.23 Å². The molecule has 2 aromatic rings. The van der Waals surface area contributed by atoms with Crippen molar-refractivity contribution >= 4 is 35.7 Å². The van der Waals surface area contributed by atoms with Gasteiger partial charge in [-0.15, -0.1) is 0 Å². The van der Waals surface area contributed by atoms with E-state index in [0.717, 1.165) is 10.2 Å². The van der Waals surface area contributed by atoms with Gasteiger partial charge in [-0.3, -0.25) is 0 Å². The fraction of sp³-hybridized carbons (Fsp3) is 0.412. The van der Waals surface area contributed by atoms with E-state index in [1.165, 1.54) is 21.9 Å². The second kappa shape index (κ2) is 5.53. The molecule has 0 amide bonds. The summed E-state index contributed by atoms with van der Waals surface area (Å²) in [5.41, 5.74) is 2.93. The number of hydrogen-bond donors (Lipinski definition) is 0. The first kappa shape index (κ1) is 15.6. The van der Waals surface area contributed by atoms with E-state index in [1.54, 1.807) is 0 Å². The normalized spacial score (nSPS) is 12.2. The number of benzene rings is 2. The zero-order valence-electron chi connectivity index (χ0n) is 13.2. The van der Waals surface area contributed by atoms with Gasteiger partial charge in [0.15, 0.2) is 0 Å². The molecule has 0 radical (unpaired) electrons. The molecule has 2 aromatic carbocycles. The molecule has 0 bridgehead atoms. The van der Waals surface area contributed by atoms with E-state index in [2.05, 4.69) is 81.0 Å². The van der Waals surface area contributed by atoms with E-state index in [-0.39, 0.29) is 5.41 Å². The number of aryl methyl sites for hydroxylation is 1. The van der Waals surface area contributed by atoms with Gasteiger partial charge in [0.2, 0.25) is 9.04 Å². The summed E-state index contributed by atoms with van der Waals surface area (Å²) in [5, 5.41) is 2.51. The van der Waals surface area contributed by atoms with Gasteiger partial charge in [0, 0.05) is 5.39 Å². The van der Waals surface area contributed by atoms with Crippen molar-refractivity contribution in [3.63, 3.8) is 0 Å². The second-order valence-corrected chi connectivity index (χ2v) is 9.81. The molecule has 0 unspecified atom stereocenters. The van der Waals surface area contributed by atoms with Crippen LogP contribution in [0.3, 0.4) is 0 Å². The highest BCUT2D eigenvalue weighted by atomic mass is 79.9. The number of fused-ring (bicyclic) bond motifs is 1. The van der Waals surface area contributed by atoms with Crippen LogP contribution >= 0.6 is 15.9 Å². The number of rotatable bonds is 2.